The number of carbonyl (C=O) groups excluding carboxylic acids is 1. The van der Waals surface area contributed by atoms with Crippen LogP contribution < -0.4 is 4.74 Å². The van der Waals surface area contributed by atoms with E-state index in [2.05, 4.69) is 10.1 Å². The lowest BCUT2D eigenvalue weighted by molar-refractivity contribution is -0.146. The summed E-state index contributed by atoms with van der Waals surface area (Å²) in [5.74, 6) is 2.12. The zero-order valence-corrected chi connectivity index (χ0v) is 13.3. The summed E-state index contributed by atoms with van der Waals surface area (Å²) in [6.45, 7) is 0. The number of hydrogen-bond donors (Lipinski definition) is 0. The Morgan fingerprint density at radius 1 is 1.13 bits per heavy atom. The largest absolute Gasteiger partial charge is 0.497 e. The number of ether oxygens (including phenoxy) is 2. The van der Waals surface area contributed by atoms with Crippen molar-refractivity contribution < 1.29 is 18.8 Å². The van der Waals surface area contributed by atoms with Crippen molar-refractivity contribution >= 4 is 5.97 Å². The second-order valence-corrected chi connectivity index (χ2v) is 5.76. The lowest BCUT2D eigenvalue weighted by atomic mass is 9.82. The number of nitrogens with zero attached hydrogens (tertiary/aromatic N) is 2. The molecule has 0 radical (unpaired) electrons. The molecule has 0 atom stereocenters. The smallest absolute Gasteiger partial charge is 0.308 e. The summed E-state index contributed by atoms with van der Waals surface area (Å²) >= 11 is 0. The van der Waals surface area contributed by atoms with Gasteiger partial charge in [0.15, 0.2) is 0 Å². The van der Waals surface area contributed by atoms with Gasteiger partial charge in [0.1, 0.15) is 5.75 Å². The predicted octanol–water partition coefficient (Wildman–Crippen LogP) is 3.19. The van der Waals surface area contributed by atoms with Gasteiger partial charge in [-0.1, -0.05) is 5.16 Å². The van der Waals surface area contributed by atoms with Crippen molar-refractivity contribution in [2.45, 2.75) is 31.6 Å². The molecule has 0 unspecified atom stereocenters. The number of benzene rings is 1. The van der Waals surface area contributed by atoms with E-state index in [1.165, 1.54) is 7.11 Å². The van der Waals surface area contributed by atoms with E-state index in [9.17, 15) is 4.79 Å². The molecule has 1 heterocycles. The number of methoxy groups -OCH3 is 2. The monoisotopic (exact) mass is 316 g/mol. The molecule has 1 saturated carbocycles. The van der Waals surface area contributed by atoms with E-state index in [-0.39, 0.29) is 17.8 Å². The Morgan fingerprint density at radius 3 is 2.43 bits per heavy atom. The molecule has 1 aromatic heterocycles. The maximum absolute atomic E-state index is 11.6. The first-order valence-corrected chi connectivity index (χ1v) is 7.77. The van der Waals surface area contributed by atoms with E-state index in [4.69, 9.17) is 14.0 Å². The molecule has 122 valence electrons. The minimum absolute atomic E-state index is 0.000213. The van der Waals surface area contributed by atoms with E-state index in [1.807, 2.05) is 24.3 Å². The van der Waals surface area contributed by atoms with Crippen molar-refractivity contribution in [2.24, 2.45) is 5.92 Å². The minimum atomic E-state index is -0.118. The zero-order chi connectivity index (χ0) is 16.2. The Hall–Kier alpha value is -2.37. The van der Waals surface area contributed by atoms with Crippen LogP contribution >= 0.6 is 0 Å². The van der Waals surface area contributed by atoms with E-state index in [0.717, 1.165) is 37.0 Å². The Labute approximate surface area is 134 Å². The summed E-state index contributed by atoms with van der Waals surface area (Å²) in [4.78, 5) is 16.1. The van der Waals surface area contributed by atoms with Crippen molar-refractivity contribution in [3.63, 3.8) is 0 Å². The Kier molecular flexibility index (Phi) is 4.60. The molecule has 1 aromatic carbocycles. The van der Waals surface area contributed by atoms with Crippen molar-refractivity contribution in [1.29, 1.82) is 0 Å². The predicted molar refractivity (Wildman–Crippen MR) is 83.0 cm³/mol. The number of hydrogen-bond acceptors (Lipinski definition) is 6. The van der Waals surface area contributed by atoms with Gasteiger partial charge in [-0.15, -0.1) is 0 Å². The van der Waals surface area contributed by atoms with Crippen molar-refractivity contribution in [3.05, 3.63) is 30.2 Å². The summed E-state index contributed by atoms with van der Waals surface area (Å²) in [6.07, 6.45) is 3.34. The molecule has 0 N–H and O–H groups in total. The molecule has 1 aliphatic rings. The molecule has 1 aliphatic carbocycles. The van der Waals surface area contributed by atoms with Crippen LogP contribution in [-0.2, 0) is 9.53 Å². The molecular weight excluding hydrogens is 296 g/mol. The molecule has 0 amide bonds. The number of aromatic nitrogens is 2. The average molecular weight is 316 g/mol. The second kappa shape index (κ2) is 6.81. The first-order valence-electron chi connectivity index (χ1n) is 7.77. The Morgan fingerprint density at radius 2 is 1.83 bits per heavy atom. The summed E-state index contributed by atoms with van der Waals surface area (Å²) in [6, 6.07) is 7.54. The quantitative estimate of drug-likeness (QED) is 0.806. The number of carbonyl (C=O) groups is 1. The highest BCUT2D eigenvalue weighted by Crippen LogP contribution is 2.36. The first-order chi connectivity index (χ1) is 11.2. The van der Waals surface area contributed by atoms with Gasteiger partial charge in [0.05, 0.1) is 20.1 Å². The molecule has 0 aliphatic heterocycles. The molecule has 0 saturated heterocycles. The fraction of sp³-hybridized carbons (Fsp3) is 0.471. The number of esters is 1. The third-order valence-corrected chi connectivity index (χ3v) is 4.40. The topological polar surface area (TPSA) is 74.5 Å². The summed E-state index contributed by atoms with van der Waals surface area (Å²) in [7, 11) is 3.07. The highest BCUT2D eigenvalue weighted by atomic mass is 16.5. The van der Waals surface area contributed by atoms with Gasteiger partial charge in [-0.3, -0.25) is 4.79 Å². The van der Waals surface area contributed by atoms with Gasteiger partial charge in [-0.25, -0.2) is 0 Å². The van der Waals surface area contributed by atoms with Gasteiger partial charge in [-0.2, -0.15) is 4.98 Å². The first kappa shape index (κ1) is 15.5. The van der Waals surface area contributed by atoms with Crippen LogP contribution in [0.15, 0.2) is 28.8 Å². The second-order valence-electron chi connectivity index (χ2n) is 5.76. The third kappa shape index (κ3) is 3.36. The minimum Gasteiger partial charge on any atom is -0.497 e. The van der Waals surface area contributed by atoms with E-state index in [1.54, 1.807) is 7.11 Å². The molecule has 6 nitrogen and oxygen atoms in total. The molecular formula is C17H20N2O4. The van der Waals surface area contributed by atoms with Gasteiger partial charge in [-0.05, 0) is 49.9 Å². The van der Waals surface area contributed by atoms with E-state index in [0.29, 0.717) is 11.7 Å². The van der Waals surface area contributed by atoms with Crippen molar-refractivity contribution in [3.8, 4) is 17.1 Å². The summed E-state index contributed by atoms with van der Waals surface area (Å²) < 4.78 is 15.4. The molecule has 6 heteroatoms. The highest BCUT2D eigenvalue weighted by molar-refractivity contribution is 5.72. The Bertz CT molecular complexity index is 657. The van der Waals surface area contributed by atoms with Crippen LogP contribution in [0.5, 0.6) is 5.75 Å². The lowest BCUT2D eigenvalue weighted by Crippen LogP contribution is -2.22. The van der Waals surface area contributed by atoms with Crippen LogP contribution in [0.2, 0.25) is 0 Å². The fourth-order valence-electron chi connectivity index (χ4n) is 3.00. The SMILES string of the molecule is COC(=O)C1CCC(c2nc(-c3ccc(OC)cc3)no2)CC1. The maximum atomic E-state index is 11.6. The molecule has 3 rings (SSSR count). The van der Waals surface area contributed by atoms with E-state index < -0.39 is 0 Å². The van der Waals surface area contributed by atoms with Crippen LogP contribution in [0.4, 0.5) is 0 Å². The van der Waals surface area contributed by atoms with Crippen molar-refractivity contribution in [1.82, 2.24) is 10.1 Å². The standard InChI is InChI=1S/C17H20N2O4/c1-21-14-9-7-11(8-10-14)15-18-16(23-19-15)12-3-5-13(6-4-12)17(20)22-2/h7-10,12-13H,3-6H2,1-2H3. The highest BCUT2D eigenvalue weighted by Gasteiger charge is 2.30. The average Bonchev–Trinajstić information content (AvgIpc) is 3.11. The van der Waals surface area contributed by atoms with Crippen molar-refractivity contribution in [2.75, 3.05) is 14.2 Å². The summed E-state index contributed by atoms with van der Waals surface area (Å²) in [5.41, 5.74) is 0.893. The molecule has 2 aromatic rings. The lowest BCUT2D eigenvalue weighted by Gasteiger charge is -2.24. The van der Waals surface area contributed by atoms with Gasteiger partial charge in [0.2, 0.25) is 11.7 Å². The number of rotatable bonds is 4. The van der Waals surface area contributed by atoms with Gasteiger partial charge >= 0.3 is 5.97 Å². The Balaban J connectivity index is 1.66. The van der Waals surface area contributed by atoms with E-state index >= 15 is 0 Å². The van der Waals surface area contributed by atoms with Gasteiger partial charge in [0.25, 0.3) is 0 Å². The zero-order valence-electron chi connectivity index (χ0n) is 13.3. The third-order valence-electron chi connectivity index (χ3n) is 4.40. The fourth-order valence-corrected chi connectivity index (χ4v) is 3.00. The normalized spacial score (nSPS) is 21.0. The van der Waals surface area contributed by atoms with Crippen LogP contribution in [0.3, 0.4) is 0 Å². The molecule has 1 fully saturated rings. The van der Waals surface area contributed by atoms with Gasteiger partial charge in [0, 0.05) is 11.5 Å². The molecule has 0 spiro atoms. The van der Waals surface area contributed by atoms with Crippen LogP contribution in [-0.4, -0.2) is 30.3 Å². The molecule has 0 bridgehead atoms. The summed E-state index contributed by atoms with van der Waals surface area (Å²) in [5, 5.41) is 4.07. The maximum Gasteiger partial charge on any atom is 0.308 e. The van der Waals surface area contributed by atoms with Crippen LogP contribution in [0, 0.1) is 5.92 Å². The van der Waals surface area contributed by atoms with Crippen LogP contribution in [0.25, 0.3) is 11.4 Å². The molecule has 23 heavy (non-hydrogen) atoms. The van der Waals surface area contributed by atoms with Crippen LogP contribution in [0.1, 0.15) is 37.5 Å². The van der Waals surface area contributed by atoms with Gasteiger partial charge < -0.3 is 14.0 Å².